The maximum atomic E-state index is 11.3. The Balaban J connectivity index is 2.28. The lowest BCUT2D eigenvalue weighted by molar-refractivity contribution is 0.0660. The molecular weight excluding hydrogens is 186 g/mol. The van der Waals surface area contributed by atoms with Crippen LogP contribution in [0.3, 0.4) is 0 Å². The van der Waals surface area contributed by atoms with Crippen LogP contribution in [0.5, 0.6) is 0 Å². The molecule has 0 aromatic carbocycles. The molecule has 1 unspecified atom stereocenters. The van der Waals surface area contributed by atoms with E-state index in [0.717, 1.165) is 0 Å². The summed E-state index contributed by atoms with van der Waals surface area (Å²) in [6.07, 6.45) is 3.73. The van der Waals surface area contributed by atoms with Gasteiger partial charge in [-0.15, -0.1) is 0 Å². The van der Waals surface area contributed by atoms with E-state index in [1.165, 1.54) is 30.4 Å². The average molecular weight is 199 g/mol. The van der Waals surface area contributed by atoms with Gasteiger partial charge in [-0.1, -0.05) is 0 Å². The third-order valence-corrected chi connectivity index (χ3v) is 1.59. The van der Waals surface area contributed by atoms with E-state index >= 15 is 0 Å². The van der Waals surface area contributed by atoms with Gasteiger partial charge in [-0.25, -0.2) is 9.78 Å². The van der Waals surface area contributed by atoms with E-state index in [0.29, 0.717) is 0 Å². The number of aromatic nitrogens is 2. The molecule has 0 aliphatic heterocycles. The third-order valence-electron chi connectivity index (χ3n) is 1.59. The molecule has 1 aromatic rings. The third kappa shape index (κ3) is 3.15. The van der Waals surface area contributed by atoms with Crippen molar-refractivity contribution in [2.45, 2.75) is 6.10 Å². The molecule has 1 aromatic heterocycles. The Hall–Kier alpha value is -1.40. The van der Waals surface area contributed by atoms with E-state index in [1.54, 1.807) is 0 Å². The van der Waals surface area contributed by atoms with Gasteiger partial charge in [-0.3, -0.25) is 4.57 Å². The van der Waals surface area contributed by atoms with E-state index in [1.807, 2.05) is 0 Å². The molecule has 0 fully saturated rings. The summed E-state index contributed by atoms with van der Waals surface area (Å²) >= 11 is 0. The van der Waals surface area contributed by atoms with Crippen LogP contribution in [0.2, 0.25) is 0 Å². The summed E-state index contributed by atoms with van der Waals surface area (Å²) in [4.78, 5) is 15.0. The summed E-state index contributed by atoms with van der Waals surface area (Å²) in [6.45, 7) is 0.356. The Morgan fingerprint density at radius 2 is 2.57 bits per heavy atom. The second kappa shape index (κ2) is 5.36. The number of hydrogen-bond acceptors (Lipinski definition) is 4. The van der Waals surface area contributed by atoms with Crippen LogP contribution in [-0.2, 0) is 4.74 Å². The number of methoxy groups -OCH3 is 1. The van der Waals surface area contributed by atoms with Crippen molar-refractivity contribution < 1.29 is 14.6 Å². The van der Waals surface area contributed by atoms with E-state index < -0.39 is 6.10 Å². The molecule has 0 saturated heterocycles. The fourth-order valence-electron chi connectivity index (χ4n) is 0.927. The van der Waals surface area contributed by atoms with Crippen molar-refractivity contribution >= 4 is 6.03 Å². The van der Waals surface area contributed by atoms with E-state index in [2.05, 4.69) is 10.3 Å². The van der Waals surface area contributed by atoms with Crippen molar-refractivity contribution in [1.82, 2.24) is 14.9 Å². The van der Waals surface area contributed by atoms with Gasteiger partial charge in [0.2, 0.25) is 0 Å². The van der Waals surface area contributed by atoms with Crippen LogP contribution < -0.4 is 5.32 Å². The second-order valence-corrected chi connectivity index (χ2v) is 2.77. The lowest BCUT2D eigenvalue weighted by Crippen LogP contribution is -2.36. The molecule has 0 aliphatic carbocycles. The molecule has 0 bridgehead atoms. The first-order chi connectivity index (χ1) is 6.74. The molecule has 1 atom stereocenters. The van der Waals surface area contributed by atoms with Crippen LogP contribution in [0, 0.1) is 0 Å². The lowest BCUT2D eigenvalue weighted by atomic mass is 10.4. The van der Waals surface area contributed by atoms with Crippen LogP contribution in [0.25, 0.3) is 0 Å². The number of ether oxygens (including phenoxy) is 1. The van der Waals surface area contributed by atoms with Gasteiger partial charge in [-0.05, 0) is 0 Å². The zero-order valence-corrected chi connectivity index (χ0v) is 7.88. The number of aliphatic hydroxyl groups excluding tert-OH is 1. The van der Waals surface area contributed by atoms with Gasteiger partial charge in [0.25, 0.3) is 0 Å². The minimum Gasteiger partial charge on any atom is -0.389 e. The highest BCUT2D eigenvalue weighted by Gasteiger charge is 2.07. The molecule has 2 N–H and O–H groups in total. The van der Waals surface area contributed by atoms with Crippen molar-refractivity contribution in [1.29, 1.82) is 0 Å². The number of aliphatic hydroxyl groups is 1. The second-order valence-electron chi connectivity index (χ2n) is 2.77. The highest BCUT2D eigenvalue weighted by Crippen LogP contribution is 1.86. The maximum absolute atomic E-state index is 11.3. The summed E-state index contributed by atoms with van der Waals surface area (Å²) in [6, 6.07) is -0.322. The van der Waals surface area contributed by atoms with Gasteiger partial charge in [0.05, 0.1) is 12.7 Å². The number of carbonyl (C=O) groups excluding carboxylic acids is 1. The van der Waals surface area contributed by atoms with Crippen LogP contribution in [-0.4, -0.2) is 47.1 Å². The van der Waals surface area contributed by atoms with Gasteiger partial charge in [0, 0.05) is 26.0 Å². The molecular formula is C8H13N3O3. The molecule has 6 nitrogen and oxygen atoms in total. The predicted molar refractivity (Wildman–Crippen MR) is 48.9 cm³/mol. The predicted octanol–water partition coefficient (Wildman–Crippen LogP) is -0.552. The average Bonchev–Trinajstić information content (AvgIpc) is 2.67. The first kappa shape index (κ1) is 10.7. The summed E-state index contributed by atoms with van der Waals surface area (Å²) in [5.74, 6) is 0. The summed E-state index contributed by atoms with van der Waals surface area (Å²) in [5.41, 5.74) is 0. The van der Waals surface area contributed by atoms with E-state index in [9.17, 15) is 9.90 Å². The monoisotopic (exact) mass is 199 g/mol. The summed E-state index contributed by atoms with van der Waals surface area (Å²) < 4.78 is 6.00. The van der Waals surface area contributed by atoms with Crippen LogP contribution in [0.4, 0.5) is 4.79 Å². The molecule has 1 amide bonds. The molecule has 1 rings (SSSR count). The molecule has 0 aliphatic rings. The summed E-state index contributed by atoms with van der Waals surface area (Å²) in [7, 11) is 1.49. The van der Waals surface area contributed by atoms with Crippen LogP contribution in [0.15, 0.2) is 18.7 Å². The first-order valence-electron chi connectivity index (χ1n) is 4.17. The number of imidazole rings is 1. The fourth-order valence-corrected chi connectivity index (χ4v) is 0.927. The topological polar surface area (TPSA) is 76.4 Å². The van der Waals surface area contributed by atoms with Crippen molar-refractivity contribution in [3.63, 3.8) is 0 Å². The Morgan fingerprint density at radius 3 is 3.14 bits per heavy atom. The first-order valence-corrected chi connectivity index (χ1v) is 4.17. The normalized spacial score (nSPS) is 12.4. The molecule has 0 radical (unpaired) electrons. The largest absolute Gasteiger partial charge is 0.389 e. The minimum atomic E-state index is -0.688. The SMILES string of the molecule is COCC(O)CNC(=O)n1ccnc1. The molecule has 14 heavy (non-hydrogen) atoms. The number of amides is 1. The van der Waals surface area contributed by atoms with Gasteiger partial charge in [0.1, 0.15) is 6.33 Å². The summed E-state index contributed by atoms with van der Waals surface area (Å²) in [5, 5.41) is 11.8. The van der Waals surface area contributed by atoms with Crippen LogP contribution >= 0.6 is 0 Å². The molecule has 6 heteroatoms. The Bertz CT molecular complexity index is 273. The zero-order valence-electron chi connectivity index (χ0n) is 7.88. The van der Waals surface area contributed by atoms with E-state index in [-0.39, 0.29) is 19.2 Å². The molecule has 0 spiro atoms. The fraction of sp³-hybridized carbons (Fsp3) is 0.500. The molecule has 0 saturated carbocycles. The van der Waals surface area contributed by atoms with Gasteiger partial charge >= 0.3 is 6.03 Å². The Morgan fingerprint density at radius 1 is 1.79 bits per heavy atom. The number of nitrogens with one attached hydrogen (secondary N) is 1. The van der Waals surface area contributed by atoms with Gasteiger partial charge in [-0.2, -0.15) is 0 Å². The smallest absolute Gasteiger partial charge is 0.326 e. The number of rotatable bonds is 4. The zero-order chi connectivity index (χ0) is 10.4. The maximum Gasteiger partial charge on any atom is 0.326 e. The quantitative estimate of drug-likeness (QED) is 0.682. The Labute approximate surface area is 81.5 Å². The number of hydrogen-bond donors (Lipinski definition) is 2. The molecule has 1 heterocycles. The van der Waals surface area contributed by atoms with Crippen molar-refractivity contribution in [2.75, 3.05) is 20.3 Å². The highest BCUT2D eigenvalue weighted by molar-refractivity contribution is 5.76. The minimum absolute atomic E-state index is 0.158. The van der Waals surface area contributed by atoms with Crippen molar-refractivity contribution in [2.24, 2.45) is 0 Å². The van der Waals surface area contributed by atoms with E-state index in [4.69, 9.17) is 4.74 Å². The molecule has 78 valence electrons. The Kier molecular flexibility index (Phi) is 4.09. The lowest BCUT2D eigenvalue weighted by Gasteiger charge is -2.10. The standard InChI is InChI=1S/C8H13N3O3/c1-14-5-7(12)4-10-8(13)11-3-2-9-6-11/h2-3,6-7,12H,4-5H2,1H3,(H,10,13). The van der Waals surface area contributed by atoms with Gasteiger partial charge in [0.15, 0.2) is 0 Å². The van der Waals surface area contributed by atoms with Gasteiger partial charge < -0.3 is 15.2 Å². The number of carbonyl (C=O) groups is 1. The van der Waals surface area contributed by atoms with Crippen molar-refractivity contribution in [3.05, 3.63) is 18.7 Å². The van der Waals surface area contributed by atoms with Crippen LogP contribution in [0.1, 0.15) is 0 Å². The number of nitrogens with zero attached hydrogens (tertiary/aromatic N) is 2. The van der Waals surface area contributed by atoms with Crippen molar-refractivity contribution in [3.8, 4) is 0 Å². The highest BCUT2D eigenvalue weighted by atomic mass is 16.5.